The molecule has 0 atom stereocenters. The Bertz CT molecular complexity index is 923. The monoisotopic (exact) mass is 330 g/mol. The first-order valence-corrected chi connectivity index (χ1v) is 7.98. The van der Waals surface area contributed by atoms with Crippen LogP contribution in [0.5, 0.6) is 0 Å². The zero-order valence-corrected chi connectivity index (χ0v) is 13.9. The molecule has 2 aromatic carbocycles. The molecule has 5 heteroatoms. The van der Waals surface area contributed by atoms with Gasteiger partial charge in [0.1, 0.15) is 0 Å². The van der Waals surface area contributed by atoms with Crippen molar-refractivity contribution < 1.29 is 4.79 Å². The number of imidazole rings is 1. The summed E-state index contributed by atoms with van der Waals surface area (Å²) in [5, 5.41) is 12.3. The zero-order valence-electron chi connectivity index (χ0n) is 13.9. The third kappa shape index (κ3) is 4.12. The number of nitrogens with zero attached hydrogens (tertiary/aromatic N) is 3. The predicted molar refractivity (Wildman–Crippen MR) is 96.3 cm³/mol. The second kappa shape index (κ2) is 7.45. The third-order valence-corrected chi connectivity index (χ3v) is 3.93. The number of anilines is 1. The van der Waals surface area contributed by atoms with Crippen LogP contribution < -0.4 is 5.32 Å². The molecule has 0 spiro atoms. The van der Waals surface area contributed by atoms with Crippen LogP contribution in [0, 0.1) is 11.3 Å². The minimum absolute atomic E-state index is 0.0270. The van der Waals surface area contributed by atoms with E-state index in [1.807, 2.05) is 22.9 Å². The molecule has 3 aromatic rings. The Morgan fingerprint density at radius 2 is 2.08 bits per heavy atom. The van der Waals surface area contributed by atoms with E-state index in [0.717, 1.165) is 12.1 Å². The molecule has 0 saturated carbocycles. The van der Waals surface area contributed by atoms with Gasteiger partial charge in [-0.15, -0.1) is 0 Å². The molecule has 124 valence electrons. The van der Waals surface area contributed by atoms with E-state index in [0.29, 0.717) is 23.4 Å². The van der Waals surface area contributed by atoms with Gasteiger partial charge in [-0.3, -0.25) is 4.79 Å². The summed E-state index contributed by atoms with van der Waals surface area (Å²) in [6.45, 7) is 2.86. The SMILES string of the molecule is CC(=O)c1ccc(C#N)cc1NCc1cccc(Cn2ccnc2)c1. The third-order valence-electron chi connectivity index (χ3n) is 3.93. The van der Waals surface area contributed by atoms with E-state index in [1.54, 1.807) is 30.7 Å². The number of rotatable bonds is 6. The van der Waals surface area contributed by atoms with Gasteiger partial charge < -0.3 is 9.88 Å². The summed E-state index contributed by atoms with van der Waals surface area (Å²) < 4.78 is 2.01. The Morgan fingerprint density at radius 1 is 1.24 bits per heavy atom. The molecule has 0 saturated heterocycles. The van der Waals surface area contributed by atoms with Crippen LogP contribution in [0.2, 0.25) is 0 Å². The van der Waals surface area contributed by atoms with Crippen LogP contribution in [0.3, 0.4) is 0 Å². The highest BCUT2D eigenvalue weighted by atomic mass is 16.1. The van der Waals surface area contributed by atoms with E-state index in [-0.39, 0.29) is 5.78 Å². The molecule has 25 heavy (non-hydrogen) atoms. The fourth-order valence-electron chi connectivity index (χ4n) is 2.69. The van der Waals surface area contributed by atoms with Gasteiger partial charge in [-0.05, 0) is 36.2 Å². The van der Waals surface area contributed by atoms with Crippen molar-refractivity contribution in [2.24, 2.45) is 0 Å². The van der Waals surface area contributed by atoms with Crippen LogP contribution in [0.1, 0.15) is 34.0 Å². The normalized spacial score (nSPS) is 10.2. The van der Waals surface area contributed by atoms with Crippen molar-refractivity contribution in [1.82, 2.24) is 9.55 Å². The molecule has 0 aliphatic rings. The lowest BCUT2D eigenvalue weighted by Gasteiger charge is -2.12. The van der Waals surface area contributed by atoms with E-state index in [2.05, 4.69) is 28.5 Å². The van der Waals surface area contributed by atoms with Gasteiger partial charge in [0.25, 0.3) is 0 Å². The number of benzene rings is 2. The Balaban J connectivity index is 1.75. The average molecular weight is 330 g/mol. The quantitative estimate of drug-likeness (QED) is 0.701. The minimum Gasteiger partial charge on any atom is -0.380 e. The molecule has 0 unspecified atom stereocenters. The standard InChI is InChI=1S/C20H18N4O/c1-15(25)19-6-5-16(11-21)10-20(19)23-12-17-3-2-4-18(9-17)13-24-8-7-22-14-24/h2-10,14,23H,12-13H2,1H3. The van der Waals surface area contributed by atoms with Gasteiger partial charge >= 0.3 is 0 Å². The van der Waals surface area contributed by atoms with Gasteiger partial charge in [-0.1, -0.05) is 24.3 Å². The summed E-state index contributed by atoms with van der Waals surface area (Å²) in [5.74, 6) is -0.0270. The maximum absolute atomic E-state index is 11.8. The lowest BCUT2D eigenvalue weighted by atomic mass is 10.1. The number of ketones is 1. The van der Waals surface area contributed by atoms with Gasteiger partial charge in [0, 0.05) is 36.7 Å². The van der Waals surface area contributed by atoms with Gasteiger partial charge in [-0.25, -0.2) is 4.98 Å². The highest BCUT2D eigenvalue weighted by Crippen LogP contribution is 2.19. The average Bonchev–Trinajstić information content (AvgIpc) is 3.13. The van der Waals surface area contributed by atoms with Crippen molar-refractivity contribution in [2.45, 2.75) is 20.0 Å². The number of carbonyl (C=O) groups is 1. The number of hydrogen-bond donors (Lipinski definition) is 1. The van der Waals surface area contributed by atoms with E-state index >= 15 is 0 Å². The first-order valence-electron chi connectivity index (χ1n) is 7.98. The van der Waals surface area contributed by atoms with E-state index < -0.39 is 0 Å². The molecular weight excluding hydrogens is 312 g/mol. The molecule has 0 fully saturated rings. The van der Waals surface area contributed by atoms with E-state index in [4.69, 9.17) is 5.26 Å². The van der Waals surface area contributed by atoms with Crippen LogP contribution in [0.4, 0.5) is 5.69 Å². The summed E-state index contributed by atoms with van der Waals surface area (Å²) in [4.78, 5) is 15.8. The van der Waals surface area contributed by atoms with Crippen LogP contribution in [-0.4, -0.2) is 15.3 Å². The van der Waals surface area contributed by atoms with Crippen molar-refractivity contribution in [1.29, 1.82) is 5.26 Å². The first kappa shape index (κ1) is 16.5. The van der Waals surface area contributed by atoms with Gasteiger partial charge in [-0.2, -0.15) is 5.26 Å². The number of hydrogen-bond acceptors (Lipinski definition) is 4. The summed E-state index contributed by atoms with van der Waals surface area (Å²) in [6.07, 6.45) is 5.48. The van der Waals surface area contributed by atoms with Crippen LogP contribution >= 0.6 is 0 Å². The Kier molecular flexibility index (Phi) is 4.91. The molecule has 0 aliphatic carbocycles. The van der Waals surface area contributed by atoms with Gasteiger partial charge in [0.2, 0.25) is 0 Å². The molecule has 0 aliphatic heterocycles. The lowest BCUT2D eigenvalue weighted by molar-refractivity contribution is 0.101. The van der Waals surface area contributed by atoms with Crippen LogP contribution in [0.15, 0.2) is 61.2 Å². The highest BCUT2D eigenvalue weighted by Gasteiger charge is 2.08. The van der Waals surface area contributed by atoms with Gasteiger partial charge in [0.15, 0.2) is 5.78 Å². The second-order valence-electron chi connectivity index (χ2n) is 5.84. The van der Waals surface area contributed by atoms with E-state index in [9.17, 15) is 4.79 Å². The first-order chi connectivity index (χ1) is 12.2. The maximum atomic E-state index is 11.8. The summed E-state index contributed by atoms with van der Waals surface area (Å²) >= 11 is 0. The molecule has 0 bridgehead atoms. The van der Waals surface area contributed by atoms with Crippen molar-refractivity contribution in [2.75, 3.05) is 5.32 Å². The summed E-state index contributed by atoms with van der Waals surface area (Å²) in [6, 6.07) is 15.4. The topological polar surface area (TPSA) is 70.7 Å². The molecular formula is C20H18N4O. The van der Waals surface area contributed by atoms with Gasteiger partial charge in [0.05, 0.1) is 18.0 Å². The van der Waals surface area contributed by atoms with Crippen LogP contribution in [-0.2, 0) is 13.1 Å². The zero-order chi connectivity index (χ0) is 17.6. The van der Waals surface area contributed by atoms with Crippen molar-refractivity contribution in [3.05, 3.63) is 83.4 Å². The molecule has 1 aromatic heterocycles. The highest BCUT2D eigenvalue weighted by molar-refractivity contribution is 5.99. The summed E-state index contributed by atoms with van der Waals surface area (Å²) in [5.41, 5.74) is 4.09. The minimum atomic E-state index is -0.0270. The number of nitriles is 1. The summed E-state index contributed by atoms with van der Waals surface area (Å²) in [7, 11) is 0. The Labute approximate surface area is 146 Å². The largest absolute Gasteiger partial charge is 0.380 e. The van der Waals surface area contributed by atoms with Crippen molar-refractivity contribution in [3.63, 3.8) is 0 Å². The Hall–Kier alpha value is -3.39. The predicted octanol–water partition coefficient (Wildman–Crippen LogP) is 3.62. The number of Topliss-reactive ketones (excluding diaryl/α,β-unsaturated/α-hetero) is 1. The van der Waals surface area contributed by atoms with E-state index in [1.165, 1.54) is 12.5 Å². The smallest absolute Gasteiger partial charge is 0.161 e. The molecule has 0 amide bonds. The lowest BCUT2D eigenvalue weighted by Crippen LogP contribution is -2.06. The van der Waals surface area contributed by atoms with Crippen LogP contribution in [0.25, 0.3) is 0 Å². The van der Waals surface area contributed by atoms with Crippen molar-refractivity contribution >= 4 is 11.5 Å². The number of aromatic nitrogens is 2. The number of nitrogens with one attached hydrogen (secondary N) is 1. The second-order valence-corrected chi connectivity index (χ2v) is 5.84. The Morgan fingerprint density at radius 3 is 2.80 bits per heavy atom. The fraction of sp³-hybridized carbons (Fsp3) is 0.150. The molecule has 5 nitrogen and oxygen atoms in total. The maximum Gasteiger partial charge on any atom is 0.161 e. The molecule has 1 heterocycles. The molecule has 3 rings (SSSR count). The number of carbonyl (C=O) groups excluding carboxylic acids is 1. The van der Waals surface area contributed by atoms with Crippen molar-refractivity contribution in [3.8, 4) is 6.07 Å². The molecule has 1 N–H and O–H groups in total. The fourth-order valence-corrected chi connectivity index (χ4v) is 2.69. The molecule has 0 radical (unpaired) electrons.